The number of aromatic nitrogens is 2. The maximum atomic E-state index is 3.60. The van der Waals surface area contributed by atoms with Gasteiger partial charge in [-0.3, -0.25) is 16.0 Å². The molecule has 1 saturated heterocycles. The predicted molar refractivity (Wildman–Crippen MR) is 39.2 cm³/mol. The summed E-state index contributed by atoms with van der Waals surface area (Å²) in [6, 6.07) is 1.83. The number of H-pyrrole nitrogens is 1. The Balaban J connectivity index is 0.0000001000. The molecular formula is C6H12N4. The first-order valence-corrected chi connectivity index (χ1v) is 3.39. The summed E-state index contributed by atoms with van der Waals surface area (Å²) in [6.07, 6.45) is 4.74. The van der Waals surface area contributed by atoms with Gasteiger partial charge in [0.1, 0.15) is 0 Å². The Kier molecular flexibility index (Phi) is 3.59. The molecule has 56 valence electrons. The van der Waals surface area contributed by atoms with Crippen LogP contribution in [0.4, 0.5) is 0 Å². The van der Waals surface area contributed by atoms with Crippen LogP contribution >= 0.6 is 0 Å². The molecule has 2 heterocycles. The second kappa shape index (κ2) is 4.96. The van der Waals surface area contributed by atoms with E-state index < -0.39 is 0 Å². The van der Waals surface area contributed by atoms with E-state index in [4.69, 9.17) is 0 Å². The van der Waals surface area contributed by atoms with Crippen molar-refractivity contribution in [2.75, 3.05) is 13.1 Å². The van der Waals surface area contributed by atoms with Crippen molar-refractivity contribution in [3.63, 3.8) is 0 Å². The molecule has 0 aliphatic carbocycles. The molecule has 1 aliphatic heterocycles. The lowest BCUT2D eigenvalue weighted by Crippen LogP contribution is -2.21. The third kappa shape index (κ3) is 3.21. The van der Waals surface area contributed by atoms with Gasteiger partial charge < -0.3 is 0 Å². The number of hydrogen-bond donors (Lipinski definition) is 3. The van der Waals surface area contributed by atoms with Gasteiger partial charge in [-0.25, -0.2) is 0 Å². The Bertz CT molecular complexity index is 109. The molecule has 0 amide bonds. The van der Waals surface area contributed by atoms with Gasteiger partial charge in [0, 0.05) is 25.5 Å². The summed E-state index contributed by atoms with van der Waals surface area (Å²) in [5, 5.41) is 6.21. The van der Waals surface area contributed by atoms with Crippen molar-refractivity contribution >= 4 is 0 Å². The molecule has 0 radical (unpaired) electrons. The van der Waals surface area contributed by atoms with E-state index in [1.807, 2.05) is 6.07 Å². The van der Waals surface area contributed by atoms with Crippen LogP contribution in [0.3, 0.4) is 0 Å². The van der Waals surface area contributed by atoms with Crippen LogP contribution in [0.5, 0.6) is 0 Å². The zero-order valence-corrected chi connectivity index (χ0v) is 5.80. The van der Waals surface area contributed by atoms with Crippen LogP contribution in [0.15, 0.2) is 18.5 Å². The van der Waals surface area contributed by atoms with Gasteiger partial charge in [0.25, 0.3) is 0 Å². The van der Waals surface area contributed by atoms with Crippen LogP contribution in [0.1, 0.15) is 6.42 Å². The molecule has 1 aliphatic rings. The number of hydrazine groups is 1. The topological polar surface area (TPSA) is 52.7 Å². The normalized spacial score (nSPS) is 16.0. The number of nitrogens with zero attached hydrogens (tertiary/aromatic N) is 1. The van der Waals surface area contributed by atoms with Crippen LogP contribution < -0.4 is 10.9 Å². The van der Waals surface area contributed by atoms with Gasteiger partial charge in [0.05, 0.1) is 0 Å². The smallest absolute Gasteiger partial charge is 0.0487 e. The highest BCUT2D eigenvalue weighted by Gasteiger charge is 1.91. The highest BCUT2D eigenvalue weighted by atomic mass is 15.4. The maximum Gasteiger partial charge on any atom is 0.0487 e. The number of rotatable bonds is 0. The molecule has 10 heavy (non-hydrogen) atoms. The van der Waals surface area contributed by atoms with Crippen molar-refractivity contribution in [2.45, 2.75) is 6.42 Å². The van der Waals surface area contributed by atoms with Gasteiger partial charge in [-0.2, -0.15) is 5.10 Å². The van der Waals surface area contributed by atoms with Gasteiger partial charge in [-0.05, 0) is 12.5 Å². The van der Waals surface area contributed by atoms with Crippen molar-refractivity contribution in [1.29, 1.82) is 0 Å². The molecule has 1 aromatic heterocycles. The zero-order valence-electron chi connectivity index (χ0n) is 5.80. The van der Waals surface area contributed by atoms with Crippen molar-refractivity contribution in [3.8, 4) is 0 Å². The Morgan fingerprint density at radius 2 is 2.00 bits per heavy atom. The Morgan fingerprint density at radius 1 is 1.20 bits per heavy atom. The Morgan fingerprint density at radius 3 is 2.20 bits per heavy atom. The van der Waals surface area contributed by atoms with Gasteiger partial charge >= 0.3 is 0 Å². The highest BCUT2D eigenvalue weighted by Crippen LogP contribution is 1.74. The molecule has 0 atom stereocenters. The first-order chi connectivity index (χ1) is 5.00. The minimum Gasteiger partial charge on any atom is -0.286 e. The van der Waals surface area contributed by atoms with Crippen LogP contribution in [0, 0.1) is 0 Å². The van der Waals surface area contributed by atoms with Gasteiger partial charge in [-0.1, -0.05) is 0 Å². The minimum absolute atomic E-state index is 1.14. The monoisotopic (exact) mass is 140 g/mol. The Hall–Kier alpha value is -0.870. The lowest BCUT2D eigenvalue weighted by molar-refractivity contribution is 0.689. The van der Waals surface area contributed by atoms with Gasteiger partial charge in [0.15, 0.2) is 0 Å². The molecule has 3 N–H and O–H groups in total. The zero-order chi connectivity index (χ0) is 7.07. The summed E-state index contributed by atoms with van der Waals surface area (Å²) < 4.78 is 0. The SMILES string of the molecule is C1CNNC1.c1cn[nH]c1. The fraction of sp³-hybridized carbons (Fsp3) is 0.500. The molecule has 1 fully saturated rings. The summed E-state index contributed by atoms with van der Waals surface area (Å²) in [6.45, 7) is 2.28. The molecule has 1 aromatic rings. The van der Waals surface area contributed by atoms with E-state index in [9.17, 15) is 0 Å². The molecular weight excluding hydrogens is 128 g/mol. The molecule has 4 heteroatoms. The summed E-state index contributed by atoms with van der Waals surface area (Å²) in [7, 11) is 0. The number of aromatic amines is 1. The van der Waals surface area contributed by atoms with E-state index >= 15 is 0 Å². The van der Waals surface area contributed by atoms with Crippen molar-refractivity contribution in [3.05, 3.63) is 18.5 Å². The Labute approximate surface area is 60.0 Å². The second-order valence-corrected chi connectivity index (χ2v) is 1.97. The van der Waals surface area contributed by atoms with E-state index in [1.165, 1.54) is 6.42 Å². The van der Waals surface area contributed by atoms with Crippen molar-refractivity contribution in [1.82, 2.24) is 21.0 Å². The van der Waals surface area contributed by atoms with Crippen LogP contribution in [0.25, 0.3) is 0 Å². The maximum absolute atomic E-state index is 3.60. The standard InChI is InChI=1S/C3H8N2.C3H4N2/c2*1-2-4-5-3-1/h4-5H,1-3H2;1-3H,(H,4,5). The average molecular weight is 140 g/mol. The highest BCUT2D eigenvalue weighted by molar-refractivity contribution is 4.72. The summed E-state index contributed by atoms with van der Waals surface area (Å²) in [5.74, 6) is 0. The van der Waals surface area contributed by atoms with Crippen LogP contribution in [0.2, 0.25) is 0 Å². The van der Waals surface area contributed by atoms with E-state index in [-0.39, 0.29) is 0 Å². The molecule has 0 aromatic carbocycles. The minimum atomic E-state index is 1.14. The van der Waals surface area contributed by atoms with Gasteiger partial charge in [-0.15, -0.1) is 0 Å². The van der Waals surface area contributed by atoms with E-state index in [1.54, 1.807) is 12.4 Å². The van der Waals surface area contributed by atoms with Gasteiger partial charge in [0.2, 0.25) is 0 Å². The summed E-state index contributed by atoms with van der Waals surface area (Å²) >= 11 is 0. The molecule has 0 bridgehead atoms. The predicted octanol–water partition coefficient (Wildman–Crippen LogP) is -0.106. The van der Waals surface area contributed by atoms with E-state index in [0.717, 1.165) is 13.1 Å². The molecule has 0 saturated carbocycles. The molecule has 0 spiro atoms. The lowest BCUT2D eigenvalue weighted by Gasteiger charge is -1.81. The first kappa shape index (κ1) is 7.24. The summed E-state index contributed by atoms with van der Waals surface area (Å²) in [5.41, 5.74) is 5.94. The first-order valence-electron chi connectivity index (χ1n) is 3.39. The number of hydrogen-bond acceptors (Lipinski definition) is 3. The van der Waals surface area contributed by atoms with Crippen molar-refractivity contribution < 1.29 is 0 Å². The lowest BCUT2D eigenvalue weighted by atomic mass is 10.5. The second-order valence-electron chi connectivity index (χ2n) is 1.97. The third-order valence-corrected chi connectivity index (χ3v) is 1.13. The fourth-order valence-electron chi connectivity index (χ4n) is 0.657. The van der Waals surface area contributed by atoms with Crippen LogP contribution in [-0.4, -0.2) is 23.3 Å². The number of nitrogens with one attached hydrogen (secondary N) is 3. The van der Waals surface area contributed by atoms with E-state index in [0.29, 0.717) is 0 Å². The largest absolute Gasteiger partial charge is 0.286 e. The molecule has 0 unspecified atom stereocenters. The molecule has 2 rings (SSSR count). The van der Waals surface area contributed by atoms with E-state index in [2.05, 4.69) is 21.0 Å². The summed E-state index contributed by atoms with van der Waals surface area (Å²) in [4.78, 5) is 0. The van der Waals surface area contributed by atoms with Crippen LogP contribution in [-0.2, 0) is 0 Å². The average Bonchev–Trinajstić information content (AvgIpc) is 2.67. The molecule has 4 nitrogen and oxygen atoms in total. The third-order valence-electron chi connectivity index (χ3n) is 1.13. The fourth-order valence-corrected chi connectivity index (χ4v) is 0.657. The van der Waals surface area contributed by atoms with Crippen molar-refractivity contribution in [2.24, 2.45) is 0 Å². The quantitative estimate of drug-likeness (QED) is 0.471.